The van der Waals surface area contributed by atoms with Crippen molar-refractivity contribution in [2.45, 2.75) is 39.3 Å². The Morgan fingerprint density at radius 2 is 1.60 bits per heavy atom. The highest BCUT2D eigenvalue weighted by molar-refractivity contribution is 4.66. The lowest BCUT2D eigenvalue weighted by atomic mass is 10.2. The zero-order chi connectivity index (χ0) is 11.8. The van der Waals surface area contributed by atoms with E-state index in [9.17, 15) is 0 Å². The zero-order valence-corrected chi connectivity index (χ0v) is 11.3. The van der Waals surface area contributed by atoms with Crippen LogP contribution in [-0.2, 0) is 4.74 Å². The highest BCUT2D eigenvalue weighted by Gasteiger charge is 2.10. The van der Waals surface area contributed by atoms with Gasteiger partial charge < -0.3 is 14.5 Å². The summed E-state index contributed by atoms with van der Waals surface area (Å²) in [6.45, 7) is 9.75. The average molecular weight is 216 g/mol. The first-order chi connectivity index (χ1) is 6.99. The van der Waals surface area contributed by atoms with Crippen LogP contribution in [0.3, 0.4) is 0 Å². The van der Waals surface area contributed by atoms with Crippen molar-refractivity contribution in [2.24, 2.45) is 0 Å². The lowest BCUT2D eigenvalue weighted by molar-refractivity contribution is 0.133. The Morgan fingerprint density at radius 3 is 2.07 bits per heavy atom. The summed E-state index contributed by atoms with van der Waals surface area (Å²) in [5.74, 6) is 0. The largest absolute Gasteiger partial charge is 0.383 e. The number of rotatable bonds is 8. The van der Waals surface area contributed by atoms with E-state index in [0.717, 1.165) is 19.7 Å². The molecule has 0 aliphatic heterocycles. The fraction of sp³-hybridized carbons (Fsp3) is 1.00. The normalized spacial score (nSPS) is 14.2. The molecule has 0 radical (unpaired) electrons. The quantitative estimate of drug-likeness (QED) is 0.614. The Morgan fingerprint density at radius 1 is 1.00 bits per heavy atom. The topological polar surface area (TPSA) is 15.7 Å². The molecule has 0 aromatic heterocycles. The maximum atomic E-state index is 5.07. The first-order valence-corrected chi connectivity index (χ1v) is 5.88. The minimum absolute atomic E-state index is 0.626. The lowest BCUT2D eigenvalue weighted by Gasteiger charge is -2.28. The molecular weight excluding hydrogens is 188 g/mol. The Kier molecular flexibility index (Phi) is 8.02. The SMILES string of the molecule is COCCN(C)C(C)CCN(C)C(C)C. The van der Waals surface area contributed by atoms with Gasteiger partial charge in [0.05, 0.1) is 6.61 Å². The van der Waals surface area contributed by atoms with Crippen LogP contribution in [0.1, 0.15) is 27.2 Å². The van der Waals surface area contributed by atoms with Gasteiger partial charge in [-0.05, 0) is 47.8 Å². The van der Waals surface area contributed by atoms with Gasteiger partial charge in [0.2, 0.25) is 0 Å². The van der Waals surface area contributed by atoms with E-state index >= 15 is 0 Å². The number of likely N-dealkylation sites (N-methyl/N-ethyl adjacent to an activating group) is 1. The molecule has 0 bridgehead atoms. The van der Waals surface area contributed by atoms with Crippen LogP contribution >= 0.6 is 0 Å². The van der Waals surface area contributed by atoms with Crippen LogP contribution in [0, 0.1) is 0 Å². The van der Waals surface area contributed by atoms with E-state index in [1.165, 1.54) is 6.42 Å². The number of nitrogens with zero attached hydrogens (tertiary/aromatic N) is 2. The van der Waals surface area contributed by atoms with Crippen LogP contribution < -0.4 is 0 Å². The molecule has 0 aromatic rings. The van der Waals surface area contributed by atoms with Crippen LogP contribution in [0.4, 0.5) is 0 Å². The first kappa shape index (κ1) is 14.9. The maximum Gasteiger partial charge on any atom is 0.0589 e. The van der Waals surface area contributed by atoms with E-state index in [0.29, 0.717) is 12.1 Å². The van der Waals surface area contributed by atoms with Gasteiger partial charge in [0.25, 0.3) is 0 Å². The van der Waals surface area contributed by atoms with Gasteiger partial charge >= 0.3 is 0 Å². The van der Waals surface area contributed by atoms with Crippen molar-refractivity contribution in [3.63, 3.8) is 0 Å². The van der Waals surface area contributed by atoms with Crippen molar-refractivity contribution >= 4 is 0 Å². The smallest absolute Gasteiger partial charge is 0.0589 e. The number of ether oxygens (including phenoxy) is 1. The molecule has 0 aliphatic rings. The Balaban J connectivity index is 3.67. The second kappa shape index (κ2) is 8.08. The third kappa shape index (κ3) is 6.88. The average Bonchev–Trinajstić information content (AvgIpc) is 2.21. The predicted octanol–water partition coefficient (Wildman–Crippen LogP) is 1.68. The molecule has 92 valence electrons. The fourth-order valence-electron chi connectivity index (χ4n) is 1.32. The van der Waals surface area contributed by atoms with Crippen molar-refractivity contribution < 1.29 is 4.74 Å². The number of methoxy groups -OCH3 is 1. The second-order valence-electron chi connectivity index (χ2n) is 4.69. The summed E-state index contributed by atoms with van der Waals surface area (Å²) in [7, 11) is 6.11. The molecule has 1 atom stereocenters. The molecule has 0 amide bonds. The minimum atomic E-state index is 0.626. The van der Waals surface area contributed by atoms with Crippen molar-refractivity contribution in [1.29, 1.82) is 0 Å². The molecule has 0 aliphatic carbocycles. The highest BCUT2D eigenvalue weighted by atomic mass is 16.5. The van der Waals surface area contributed by atoms with Crippen molar-refractivity contribution in [2.75, 3.05) is 40.9 Å². The van der Waals surface area contributed by atoms with Crippen LogP contribution in [0.2, 0.25) is 0 Å². The number of hydrogen-bond donors (Lipinski definition) is 0. The van der Waals surface area contributed by atoms with Crippen LogP contribution in [0.5, 0.6) is 0 Å². The molecule has 3 heteroatoms. The standard InChI is InChI=1S/C12H28N2O/c1-11(2)13(4)8-7-12(3)14(5)9-10-15-6/h11-12H,7-10H2,1-6H3. The minimum Gasteiger partial charge on any atom is -0.383 e. The predicted molar refractivity (Wildman–Crippen MR) is 66.4 cm³/mol. The first-order valence-electron chi connectivity index (χ1n) is 5.88. The molecule has 0 saturated heterocycles. The van der Waals surface area contributed by atoms with Gasteiger partial charge in [-0.25, -0.2) is 0 Å². The number of hydrogen-bond acceptors (Lipinski definition) is 3. The van der Waals surface area contributed by atoms with E-state index < -0.39 is 0 Å². The summed E-state index contributed by atoms with van der Waals surface area (Å²) in [4.78, 5) is 4.75. The molecule has 0 fully saturated rings. The molecule has 0 saturated carbocycles. The summed E-state index contributed by atoms with van der Waals surface area (Å²) in [6.07, 6.45) is 1.22. The molecule has 1 unspecified atom stereocenters. The van der Waals surface area contributed by atoms with Gasteiger partial charge in [-0.1, -0.05) is 0 Å². The van der Waals surface area contributed by atoms with Crippen LogP contribution in [0.25, 0.3) is 0 Å². The Labute approximate surface area is 95.4 Å². The molecule has 0 N–H and O–H groups in total. The maximum absolute atomic E-state index is 5.07. The summed E-state index contributed by atoms with van der Waals surface area (Å²) in [6, 6.07) is 1.27. The molecule has 0 aromatic carbocycles. The van der Waals surface area contributed by atoms with Gasteiger partial charge in [-0.2, -0.15) is 0 Å². The summed E-state index contributed by atoms with van der Waals surface area (Å²) in [5, 5.41) is 0. The van der Waals surface area contributed by atoms with E-state index in [1.54, 1.807) is 7.11 Å². The van der Waals surface area contributed by atoms with Gasteiger partial charge in [0, 0.05) is 25.7 Å². The molecule has 15 heavy (non-hydrogen) atoms. The van der Waals surface area contributed by atoms with Crippen LogP contribution in [-0.4, -0.2) is 62.8 Å². The molecule has 0 rings (SSSR count). The van der Waals surface area contributed by atoms with E-state index in [2.05, 4.69) is 44.7 Å². The van der Waals surface area contributed by atoms with Crippen molar-refractivity contribution in [1.82, 2.24) is 9.80 Å². The highest BCUT2D eigenvalue weighted by Crippen LogP contribution is 2.03. The van der Waals surface area contributed by atoms with Crippen molar-refractivity contribution in [3.05, 3.63) is 0 Å². The van der Waals surface area contributed by atoms with E-state index in [-0.39, 0.29) is 0 Å². The van der Waals surface area contributed by atoms with Crippen LogP contribution in [0.15, 0.2) is 0 Å². The van der Waals surface area contributed by atoms with Gasteiger partial charge in [-0.3, -0.25) is 0 Å². The van der Waals surface area contributed by atoms with Crippen molar-refractivity contribution in [3.8, 4) is 0 Å². The third-order valence-electron chi connectivity index (χ3n) is 3.18. The molecular formula is C12H28N2O. The van der Waals surface area contributed by atoms with Gasteiger partial charge in [0.1, 0.15) is 0 Å². The fourth-order valence-corrected chi connectivity index (χ4v) is 1.32. The van der Waals surface area contributed by atoms with Gasteiger partial charge in [0.15, 0.2) is 0 Å². The molecule has 3 nitrogen and oxygen atoms in total. The summed E-state index contributed by atoms with van der Waals surface area (Å²) < 4.78 is 5.07. The second-order valence-corrected chi connectivity index (χ2v) is 4.69. The molecule has 0 spiro atoms. The van der Waals surface area contributed by atoms with E-state index in [1.807, 2.05) is 0 Å². The van der Waals surface area contributed by atoms with Gasteiger partial charge in [-0.15, -0.1) is 0 Å². The Hall–Kier alpha value is -0.120. The monoisotopic (exact) mass is 216 g/mol. The third-order valence-corrected chi connectivity index (χ3v) is 3.18. The lowest BCUT2D eigenvalue weighted by Crippen LogP contribution is -2.36. The molecule has 0 heterocycles. The summed E-state index contributed by atoms with van der Waals surface area (Å²) in [5.41, 5.74) is 0. The Bertz CT molecular complexity index is 151. The summed E-state index contributed by atoms with van der Waals surface area (Å²) >= 11 is 0. The zero-order valence-electron chi connectivity index (χ0n) is 11.3. The van der Waals surface area contributed by atoms with E-state index in [4.69, 9.17) is 4.74 Å².